The molecule has 30 heavy (non-hydrogen) atoms. The predicted octanol–water partition coefficient (Wildman–Crippen LogP) is 3.16. The van der Waals surface area contributed by atoms with E-state index in [-0.39, 0.29) is 36.7 Å². The first-order valence-corrected chi connectivity index (χ1v) is 11.0. The SMILES string of the molecule is CCCCNC(CC(=O)OCC)[C@H]1O[C@@H]2OC(C)(C)O[C@@H]2[C@H]1OCc1ccccc1. The molecule has 2 aliphatic rings. The minimum atomic E-state index is -0.735. The lowest BCUT2D eigenvalue weighted by atomic mass is 10.00. The van der Waals surface area contributed by atoms with E-state index in [0.29, 0.717) is 13.2 Å². The minimum absolute atomic E-state index is 0.205. The van der Waals surface area contributed by atoms with Crippen molar-refractivity contribution in [2.75, 3.05) is 13.2 Å². The molecule has 0 radical (unpaired) electrons. The fourth-order valence-electron chi connectivity index (χ4n) is 3.95. The molecule has 0 amide bonds. The summed E-state index contributed by atoms with van der Waals surface area (Å²) >= 11 is 0. The second-order valence-corrected chi connectivity index (χ2v) is 8.25. The summed E-state index contributed by atoms with van der Waals surface area (Å²) in [5, 5.41) is 3.47. The van der Waals surface area contributed by atoms with Crippen molar-refractivity contribution in [1.82, 2.24) is 5.32 Å². The van der Waals surface area contributed by atoms with Crippen LogP contribution in [-0.2, 0) is 35.1 Å². The average molecular weight is 422 g/mol. The van der Waals surface area contributed by atoms with Crippen LogP contribution in [0.5, 0.6) is 0 Å². The van der Waals surface area contributed by atoms with Crippen molar-refractivity contribution in [2.24, 2.45) is 0 Å². The number of esters is 1. The molecule has 2 saturated heterocycles. The molecule has 0 spiro atoms. The number of ether oxygens (including phenoxy) is 5. The molecule has 1 aromatic carbocycles. The maximum Gasteiger partial charge on any atom is 0.307 e. The number of carbonyl (C=O) groups is 1. The molecular formula is C23H35NO6. The number of benzene rings is 1. The number of hydrogen-bond acceptors (Lipinski definition) is 7. The van der Waals surface area contributed by atoms with Gasteiger partial charge in [0.1, 0.15) is 18.3 Å². The quantitative estimate of drug-likeness (QED) is 0.434. The van der Waals surface area contributed by atoms with E-state index in [2.05, 4.69) is 12.2 Å². The van der Waals surface area contributed by atoms with Crippen molar-refractivity contribution >= 4 is 5.97 Å². The zero-order valence-electron chi connectivity index (χ0n) is 18.5. The highest BCUT2D eigenvalue weighted by Gasteiger charge is 2.57. The Morgan fingerprint density at radius 2 is 1.97 bits per heavy atom. The number of carbonyl (C=O) groups excluding carboxylic acids is 1. The molecule has 168 valence electrons. The third kappa shape index (κ3) is 6.02. The molecule has 7 heteroatoms. The summed E-state index contributed by atoms with van der Waals surface area (Å²) in [5.74, 6) is -0.989. The van der Waals surface area contributed by atoms with Crippen LogP contribution < -0.4 is 5.32 Å². The van der Waals surface area contributed by atoms with Gasteiger partial charge in [-0.3, -0.25) is 4.79 Å². The topological polar surface area (TPSA) is 75.3 Å². The van der Waals surface area contributed by atoms with Gasteiger partial charge in [-0.05, 0) is 39.3 Å². The van der Waals surface area contributed by atoms with Crippen molar-refractivity contribution in [3.05, 3.63) is 35.9 Å². The zero-order chi connectivity index (χ0) is 21.6. The van der Waals surface area contributed by atoms with Crippen molar-refractivity contribution in [3.8, 4) is 0 Å². The summed E-state index contributed by atoms with van der Waals surface area (Å²) in [5.41, 5.74) is 1.07. The molecule has 1 unspecified atom stereocenters. The normalized spacial score (nSPS) is 28.3. The van der Waals surface area contributed by atoms with Crippen LogP contribution >= 0.6 is 0 Å². The van der Waals surface area contributed by atoms with Gasteiger partial charge in [-0.1, -0.05) is 43.7 Å². The molecule has 5 atom stereocenters. The molecule has 2 aliphatic heterocycles. The van der Waals surface area contributed by atoms with Gasteiger partial charge in [0.15, 0.2) is 12.1 Å². The van der Waals surface area contributed by atoms with Crippen LogP contribution in [0, 0.1) is 0 Å². The highest BCUT2D eigenvalue weighted by atomic mass is 16.8. The number of fused-ring (bicyclic) bond motifs is 1. The van der Waals surface area contributed by atoms with Crippen LogP contribution in [0.4, 0.5) is 0 Å². The van der Waals surface area contributed by atoms with E-state index in [9.17, 15) is 4.79 Å². The Balaban J connectivity index is 1.75. The van der Waals surface area contributed by atoms with Crippen LogP contribution in [-0.4, -0.2) is 55.6 Å². The second-order valence-electron chi connectivity index (χ2n) is 8.25. The number of rotatable bonds is 11. The lowest BCUT2D eigenvalue weighted by Crippen LogP contribution is -2.50. The Kier molecular flexibility index (Phi) is 8.25. The van der Waals surface area contributed by atoms with Crippen LogP contribution in [0.3, 0.4) is 0 Å². The van der Waals surface area contributed by atoms with Crippen LogP contribution in [0.25, 0.3) is 0 Å². The van der Waals surface area contributed by atoms with Crippen LogP contribution in [0.15, 0.2) is 30.3 Å². The third-order valence-corrected chi connectivity index (χ3v) is 5.34. The summed E-state index contributed by atoms with van der Waals surface area (Å²) < 4.78 is 29.8. The molecule has 0 bridgehead atoms. The summed E-state index contributed by atoms with van der Waals surface area (Å²) in [6, 6.07) is 9.74. The zero-order valence-corrected chi connectivity index (χ0v) is 18.5. The van der Waals surface area contributed by atoms with Gasteiger partial charge >= 0.3 is 5.97 Å². The van der Waals surface area contributed by atoms with Gasteiger partial charge in [0.25, 0.3) is 0 Å². The highest BCUT2D eigenvalue weighted by Crippen LogP contribution is 2.40. The summed E-state index contributed by atoms with van der Waals surface area (Å²) in [6.45, 7) is 9.25. The van der Waals surface area contributed by atoms with Gasteiger partial charge in [-0.15, -0.1) is 0 Å². The summed E-state index contributed by atoms with van der Waals surface area (Å²) in [4.78, 5) is 12.3. The number of nitrogens with one attached hydrogen (secondary N) is 1. The lowest BCUT2D eigenvalue weighted by molar-refractivity contribution is -0.223. The molecular weight excluding hydrogens is 386 g/mol. The Morgan fingerprint density at radius 1 is 1.20 bits per heavy atom. The van der Waals surface area contributed by atoms with Crippen molar-refractivity contribution in [1.29, 1.82) is 0 Å². The van der Waals surface area contributed by atoms with Gasteiger partial charge < -0.3 is 29.0 Å². The molecule has 7 nitrogen and oxygen atoms in total. The number of hydrogen-bond donors (Lipinski definition) is 1. The van der Waals surface area contributed by atoms with Gasteiger partial charge in [-0.2, -0.15) is 0 Å². The van der Waals surface area contributed by atoms with Crippen molar-refractivity contribution < 1.29 is 28.5 Å². The Bertz CT molecular complexity index is 667. The first-order chi connectivity index (χ1) is 14.4. The monoisotopic (exact) mass is 421 g/mol. The molecule has 2 heterocycles. The maximum atomic E-state index is 12.3. The first-order valence-electron chi connectivity index (χ1n) is 11.0. The maximum absolute atomic E-state index is 12.3. The number of unbranched alkanes of at least 4 members (excludes halogenated alkanes) is 1. The van der Waals surface area contributed by atoms with Crippen molar-refractivity contribution in [3.63, 3.8) is 0 Å². The Morgan fingerprint density at radius 3 is 2.67 bits per heavy atom. The van der Waals surface area contributed by atoms with Crippen LogP contribution in [0.1, 0.15) is 52.5 Å². The largest absolute Gasteiger partial charge is 0.466 e. The second kappa shape index (κ2) is 10.7. The minimum Gasteiger partial charge on any atom is -0.466 e. The summed E-state index contributed by atoms with van der Waals surface area (Å²) in [7, 11) is 0. The average Bonchev–Trinajstić information content (AvgIpc) is 3.18. The van der Waals surface area contributed by atoms with E-state index in [1.807, 2.05) is 51.1 Å². The van der Waals surface area contributed by atoms with Crippen LogP contribution in [0.2, 0.25) is 0 Å². The fourth-order valence-corrected chi connectivity index (χ4v) is 3.95. The molecule has 1 N–H and O–H groups in total. The van der Waals surface area contributed by atoms with Gasteiger partial charge in [0.05, 0.1) is 19.6 Å². The van der Waals surface area contributed by atoms with Gasteiger partial charge in [0, 0.05) is 6.04 Å². The van der Waals surface area contributed by atoms with E-state index in [0.717, 1.165) is 24.9 Å². The summed E-state index contributed by atoms with van der Waals surface area (Å²) in [6.07, 6.45) is 0.635. The molecule has 3 rings (SSSR count). The third-order valence-electron chi connectivity index (χ3n) is 5.34. The first kappa shape index (κ1) is 23.2. The molecule has 2 fully saturated rings. The Hall–Kier alpha value is -1.51. The van der Waals surface area contributed by atoms with E-state index in [1.165, 1.54) is 0 Å². The molecule has 0 aliphatic carbocycles. The van der Waals surface area contributed by atoms with E-state index in [4.69, 9.17) is 23.7 Å². The van der Waals surface area contributed by atoms with E-state index < -0.39 is 12.1 Å². The van der Waals surface area contributed by atoms with Gasteiger partial charge in [0.2, 0.25) is 0 Å². The standard InChI is InChI=1S/C23H35NO6/c1-5-7-13-24-17(14-18(25)26-6-2)19-20(27-15-16-11-9-8-10-12-16)21-22(28-19)30-23(3,4)29-21/h8-12,17,19-22,24H,5-7,13-15H2,1-4H3/t17?,19-,20+,21-,22-/m1/s1. The highest BCUT2D eigenvalue weighted by molar-refractivity contribution is 5.70. The molecule has 0 saturated carbocycles. The van der Waals surface area contributed by atoms with Gasteiger partial charge in [-0.25, -0.2) is 0 Å². The molecule has 1 aromatic rings. The Labute approximate surface area is 179 Å². The molecule has 0 aromatic heterocycles. The predicted molar refractivity (Wildman–Crippen MR) is 112 cm³/mol. The van der Waals surface area contributed by atoms with E-state index in [1.54, 1.807) is 0 Å². The smallest absolute Gasteiger partial charge is 0.307 e. The van der Waals surface area contributed by atoms with E-state index >= 15 is 0 Å². The van der Waals surface area contributed by atoms with Crippen molar-refractivity contribution in [2.45, 2.75) is 90.0 Å². The lowest BCUT2D eigenvalue weighted by Gasteiger charge is -2.31. The fraction of sp³-hybridized carbons (Fsp3) is 0.696.